The molecule has 0 spiro atoms. The lowest BCUT2D eigenvalue weighted by Gasteiger charge is -2.39. The lowest BCUT2D eigenvalue weighted by molar-refractivity contribution is -0.137. The highest BCUT2D eigenvalue weighted by Gasteiger charge is 2.37. The molecule has 1 aromatic heterocycles. The van der Waals surface area contributed by atoms with E-state index >= 15 is 0 Å². The Bertz CT molecular complexity index is 1250. The van der Waals surface area contributed by atoms with Gasteiger partial charge in [0, 0.05) is 50.5 Å². The highest BCUT2D eigenvalue weighted by atomic mass is 19.1. The third-order valence-corrected chi connectivity index (χ3v) is 7.10. The van der Waals surface area contributed by atoms with Crippen molar-refractivity contribution in [2.45, 2.75) is 19.9 Å². The van der Waals surface area contributed by atoms with Crippen molar-refractivity contribution in [1.29, 1.82) is 0 Å². The summed E-state index contributed by atoms with van der Waals surface area (Å²) in [6, 6.07) is 16.0. The fourth-order valence-corrected chi connectivity index (χ4v) is 5.25. The SMILES string of the molecule is Cc1nn(-c2ccccc2)c(C)c1C1C(=O)NCCN1CC(=O)N1CCN(c2ccccc2F)CC1. The number of hydrogen-bond donors (Lipinski definition) is 1. The summed E-state index contributed by atoms with van der Waals surface area (Å²) in [5, 5.41) is 7.68. The Hall–Kier alpha value is -3.72. The van der Waals surface area contributed by atoms with Crippen molar-refractivity contribution in [2.75, 3.05) is 50.7 Å². The van der Waals surface area contributed by atoms with Crippen LogP contribution in [0.3, 0.4) is 0 Å². The van der Waals surface area contributed by atoms with Crippen LogP contribution in [0.25, 0.3) is 5.69 Å². The van der Waals surface area contributed by atoms with Gasteiger partial charge in [-0.1, -0.05) is 30.3 Å². The molecule has 5 rings (SSSR count). The van der Waals surface area contributed by atoms with E-state index in [1.54, 1.807) is 12.1 Å². The smallest absolute Gasteiger partial charge is 0.242 e. The van der Waals surface area contributed by atoms with Crippen LogP contribution in [0.5, 0.6) is 0 Å². The van der Waals surface area contributed by atoms with Gasteiger partial charge in [0.15, 0.2) is 0 Å². The first kappa shape index (κ1) is 24.0. The van der Waals surface area contributed by atoms with Gasteiger partial charge in [-0.25, -0.2) is 9.07 Å². The summed E-state index contributed by atoms with van der Waals surface area (Å²) >= 11 is 0. The zero-order valence-corrected chi connectivity index (χ0v) is 20.7. The van der Waals surface area contributed by atoms with Crippen molar-refractivity contribution in [3.8, 4) is 5.69 Å². The van der Waals surface area contributed by atoms with E-state index < -0.39 is 6.04 Å². The number of para-hydroxylation sites is 2. The molecule has 2 fully saturated rings. The van der Waals surface area contributed by atoms with Crippen molar-refractivity contribution >= 4 is 17.5 Å². The molecule has 0 saturated carbocycles. The molecule has 36 heavy (non-hydrogen) atoms. The van der Waals surface area contributed by atoms with Gasteiger partial charge in [-0.3, -0.25) is 14.5 Å². The first-order valence-electron chi connectivity index (χ1n) is 12.3. The number of hydrogen-bond acceptors (Lipinski definition) is 5. The van der Waals surface area contributed by atoms with Crippen LogP contribution in [-0.2, 0) is 9.59 Å². The third kappa shape index (κ3) is 4.58. The number of benzene rings is 2. The highest BCUT2D eigenvalue weighted by Crippen LogP contribution is 2.30. The normalized spacial score (nSPS) is 18.9. The van der Waals surface area contributed by atoms with Crippen LogP contribution in [0.4, 0.5) is 10.1 Å². The molecule has 0 aliphatic carbocycles. The molecule has 1 unspecified atom stereocenters. The summed E-state index contributed by atoms with van der Waals surface area (Å²) in [7, 11) is 0. The first-order chi connectivity index (χ1) is 17.4. The summed E-state index contributed by atoms with van der Waals surface area (Å²) in [6.45, 7) is 7.26. The Labute approximate surface area is 210 Å². The molecule has 1 N–H and O–H groups in total. The van der Waals surface area contributed by atoms with E-state index in [2.05, 4.69) is 5.32 Å². The van der Waals surface area contributed by atoms with Gasteiger partial charge in [0.05, 0.1) is 23.6 Å². The molecule has 2 aromatic carbocycles. The van der Waals surface area contributed by atoms with Gasteiger partial charge < -0.3 is 15.1 Å². The van der Waals surface area contributed by atoms with Crippen LogP contribution in [0.1, 0.15) is 23.0 Å². The second-order valence-electron chi connectivity index (χ2n) is 9.32. The molecule has 2 saturated heterocycles. The summed E-state index contributed by atoms with van der Waals surface area (Å²) in [6.07, 6.45) is 0. The first-order valence-corrected chi connectivity index (χ1v) is 12.3. The third-order valence-electron chi connectivity index (χ3n) is 7.10. The maximum absolute atomic E-state index is 14.2. The van der Waals surface area contributed by atoms with Crippen LogP contribution in [0, 0.1) is 19.7 Å². The number of aryl methyl sites for hydroxylation is 1. The van der Waals surface area contributed by atoms with Gasteiger partial charge in [0.2, 0.25) is 11.8 Å². The monoisotopic (exact) mass is 490 g/mol. The van der Waals surface area contributed by atoms with E-state index in [1.807, 2.05) is 69.6 Å². The van der Waals surface area contributed by atoms with Gasteiger partial charge in [0.1, 0.15) is 11.9 Å². The quantitative estimate of drug-likeness (QED) is 0.595. The number of anilines is 1. The molecule has 2 aliphatic heterocycles. The van der Waals surface area contributed by atoms with Crippen molar-refractivity contribution < 1.29 is 14.0 Å². The number of aromatic nitrogens is 2. The van der Waals surface area contributed by atoms with Crippen LogP contribution in [-0.4, -0.2) is 77.2 Å². The van der Waals surface area contributed by atoms with E-state index in [9.17, 15) is 14.0 Å². The number of amides is 2. The molecule has 0 radical (unpaired) electrons. The van der Waals surface area contributed by atoms with E-state index in [1.165, 1.54) is 6.07 Å². The van der Waals surface area contributed by atoms with E-state index in [0.29, 0.717) is 45.0 Å². The Balaban J connectivity index is 1.31. The molecule has 2 amide bonds. The molecule has 2 aliphatic rings. The lowest BCUT2D eigenvalue weighted by atomic mass is 10.00. The molecule has 8 nitrogen and oxygen atoms in total. The predicted molar refractivity (Wildman–Crippen MR) is 136 cm³/mol. The number of carbonyl (C=O) groups is 2. The van der Waals surface area contributed by atoms with E-state index in [0.717, 1.165) is 22.6 Å². The van der Waals surface area contributed by atoms with Crippen molar-refractivity contribution in [2.24, 2.45) is 0 Å². The van der Waals surface area contributed by atoms with Crippen molar-refractivity contribution in [3.63, 3.8) is 0 Å². The lowest BCUT2D eigenvalue weighted by Crippen LogP contribution is -2.55. The summed E-state index contributed by atoms with van der Waals surface area (Å²) < 4.78 is 16.0. The molecular formula is C27H31FN6O2. The maximum atomic E-state index is 14.2. The van der Waals surface area contributed by atoms with Gasteiger partial charge in [0.25, 0.3) is 0 Å². The number of nitrogens with zero attached hydrogens (tertiary/aromatic N) is 5. The van der Waals surface area contributed by atoms with Crippen LogP contribution < -0.4 is 10.2 Å². The highest BCUT2D eigenvalue weighted by molar-refractivity contribution is 5.86. The largest absolute Gasteiger partial charge is 0.366 e. The second kappa shape index (κ2) is 10.1. The molecule has 0 bridgehead atoms. The van der Waals surface area contributed by atoms with E-state index in [-0.39, 0.29) is 24.2 Å². The van der Waals surface area contributed by atoms with Crippen LogP contribution >= 0.6 is 0 Å². The minimum Gasteiger partial charge on any atom is -0.366 e. The van der Waals surface area contributed by atoms with Gasteiger partial charge in [-0.05, 0) is 38.1 Å². The molecule has 1 atom stereocenters. The summed E-state index contributed by atoms with van der Waals surface area (Å²) in [5.74, 6) is -0.382. The average molecular weight is 491 g/mol. The zero-order valence-electron chi connectivity index (χ0n) is 20.7. The zero-order chi connectivity index (χ0) is 25.2. The van der Waals surface area contributed by atoms with E-state index in [4.69, 9.17) is 5.10 Å². The Morgan fingerprint density at radius 2 is 1.69 bits per heavy atom. The minimum absolute atomic E-state index is 0.0198. The van der Waals surface area contributed by atoms with Crippen molar-refractivity contribution in [3.05, 3.63) is 77.4 Å². The Kier molecular flexibility index (Phi) is 6.73. The Morgan fingerprint density at radius 1 is 1.00 bits per heavy atom. The topological polar surface area (TPSA) is 73.7 Å². The Morgan fingerprint density at radius 3 is 2.42 bits per heavy atom. The predicted octanol–water partition coefficient (Wildman–Crippen LogP) is 2.45. The average Bonchev–Trinajstić information content (AvgIpc) is 3.18. The fraction of sp³-hybridized carbons (Fsp3) is 0.370. The molecule has 9 heteroatoms. The summed E-state index contributed by atoms with van der Waals surface area (Å²) in [5.41, 5.74) is 3.99. The van der Waals surface area contributed by atoms with Gasteiger partial charge >= 0.3 is 0 Å². The minimum atomic E-state index is -0.583. The number of piperazine rings is 2. The number of carbonyl (C=O) groups excluding carboxylic acids is 2. The second-order valence-corrected chi connectivity index (χ2v) is 9.32. The number of rotatable bonds is 5. The molecular weight excluding hydrogens is 459 g/mol. The van der Waals surface area contributed by atoms with Gasteiger partial charge in [-0.15, -0.1) is 0 Å². The number of nitrogens with one attached hydrogen (secondary N) is 1. The van der Waals surface area contributed by atoms with Crippen LogP contribution in [0.2, 0.25) is 0 Å². The molecule has 3 heterocycles. The van der Waals surface area contributed by atoms with Crippen LogP contribution in [0.15, 0.2) is 54.6 Å². The molecule has 188 valence electrons. The maximum Gasteiger partial charge on any atom is 0.242 e. The van der Waals surface area contributed by atoms with Gasteiger partial charge in [-0.2, -0.15) is 5.10 Å². The number of halogens is 1. The standard InChI is InChI=1S/C27H31FN6O2/c1-19-25(20(2)34(30-19)21-8-4-3-5-9-21)26-27(36)29-12-13-33(26)18-24(35)32-16-14-31(15-17-32)23-11-7-6-10-22(23)28/h3-11,26H,12-18H2,1-2H3,(H,29,36). The summed E-state index contributed by atoms with van der Waals surface area (Å²) in [4.78, 5) is 32.1. The molecule has 3 aromatic rings. The van der Waals surface area contributed by atoms with Crippen molar-refractivity contribution in [1.82, 2.24) is 24.9 Å². The fourth-order valence-electron chi connectivity index (χ4n) is 5.25.